The number of ether oxygens (including phenoxy) is 3. The fourth-order valence-corrected chi connectivity index (χ4v) is 9.70. The summed E-state index contributed by atoms with van der Waals surface area (Å²) in [5, 5.41) is 41.3. The molecular formula is C55H89N3O17P2. The van der Waals surface area contributed by atoms with Crippen LogP contribution in [0.4, 0.5) is 5.82 Å². The van der Waals surface area contributed by atoms with Crippen molar-refractivity contribution in [1.82, 2.24) is 9.55 Å². The number of phosphoric ester groups is 2. The molecule has 1 aromatic heterocycles. The van der Waals surface area contributed by atoms with Crippen molar-refractivity contribution in [2.75, 3.05) is 25.6 Å². The molecule has 77 heavy (non-hydrogen) atoms. The van der Waals surface area contributed by atoms with Crippen LogP contribution in [0.1, 0.15) is 168 Å². The first-order valence-electron chi connectivity index (χ1n) is 27.3. The molecule has 436 valence electrons. The number of hydrogen-bond acceptors (Lipinski definition) is 17. The SMILES string of the molecule is CCCCCC/C=C\C/C=C\C/C=C\CCCCCCCCC(=O)OC[C@H](COP(=O)(O)OP(=O)(O)OC[C@H]1O[C@@H](n2ccc(N)nc2=O)[C@H](O)[C@@H]1O)OC(=O)CCC[C@H](O)/C=C/C=C\C/C=C\C=C\[C@H](O)CCCCC. The van der Waals surface area contributed by atoms with E-state index in [2.05, 4.69) is 59.6 Å². The molecule has 20 nitrogen and oxygen atoms in total. The molecule has 9 atom stereocenters. The molecule has 0 amide bonds. The number of phosphoric acid groups is 2. The molecular weight excluding hydrogens is 1040 g/mol. The average molecular weight is 1130 g/mol. The Balaban J connectivity index is 1.85. The molecule has 0 bridgehead atoms. The molecule has 0 saturated carbocycles. The lowest BCUT2D eigenvalue weighted by Gasteiger charge is -2.21. The van der Waals surface area contributed by atoms with Crippen LogP contribution in [0.15, 0.2) is 102 Å². The number of rotatable bonds is 44. The van der Waals surface area contributed by atoms with E-state index in [1.54, 1.807) is 24.3 Å². The molecule has 2 unspecified atom stereocenters. The largest absolute Gasteiger partial charge is 0.481 e. The summed E-state index contributed by atoms with van der Waals surface area (Å²) < 4.78 is 56.7. The van der Waals surface area contributed by atoms with Crippen LogP contribution >= 0.6 is 15.6 Å². The van der Waals surface area contributed by atoms with Gasteiger partial charge in [-0.25, -0.2) is 13.9 Å². The maximum absolute atomic E-state index is 12.9. The highest BCUT2D eigenvalue weighted by Gasteiger charge is 2.46. The monoisotopic (exact) mass is 1130 g/mol. The predicted octanol–water partition coefficient (Wildman–Crippen LogP) is 9.78. The predicted molar refractivity (Wildman–Crippen MR) is 296 cm³/mol. The highest BCUT2D eigenvalue weighted by Crippen LogP contribution is 2.60. The van der Waals surface area contributed by atoms with Crippen LogP contribution in [0.5, 0.6) is 0 Å². The Morgan fingerprint density at radius 3 is 1.84 bits per heavy atom. The standard InChI is InChI=1S/C55H89N3O17P2/c1-3-5-7-8-9-10-11-12-13-14-15-16-17-18-19-20-21-25-28-32-38-50(61)70-42-47(73-51(62)39-33-37-46(60)36-31-27-24-22-23-26-30-35-45(59)34-29-6-4-2)43-71-76(66,67)75-77(68,69)72-44-48-52(63)53(64)54(74-48)58-41-40-49(56)57-55(58)65/h10-11,13-14,16-17,23-24,26-27,30-31,35-36,40-41,45-48,52-54,59-60,63-64H,3-9,12,15,18-22,25,28-29,32-34,37-39,42-44H2,1-2H3,(H,66,67)(H,68,69)(H2,56,57,65)/b11-10-,14-13-,17-16-,26-23-,27-24-,35-30+,36-31+/t45-,46-,47-,48-,52-,53-,54-/m1/s1. The van der Waals surface area contributed by atoms with Gasteiger partial charge in [0.15, 0.2) is 12.3 Å². The summed E-state index contributed by atoms with van der Waals surface area (Å²) in [6.07, 6.45) is 38.5. The van der Waals surface area contributed by atoms with Gasteiger partial charge in [0.2, 0.25) is 0 Å². The first-order chi connectivity index (χ1) is 37.0. The van der Waals surface area contributed by atoms with Crippen LogP contribution in [0.25, 0.3) is 0 Å². The van der Waals surface area contributed by atoms with Gasteiger partial charge in [-0.1, -0.05) is 163 Å². The summed E-state index contributed by atoms with van der Waals surface area (Å²) in [5.41, 5.74) is 4.57. The molecule has 1 fully saturated rings. The molecule has 0 aliphatic carbocycles. The molecule has 0 spiro atoms. The second-order valence-corrected chi connectivity index (χ2v) is 21.8. The fraction of sp³-hybridized carbons (Fsp3) is 0.636. The van der Waals surface area contributed by atoms with Gasteiger partial charge in [-0.2, -0.15) is 9.29 Å². The number of allylic oxidation sites excluding steroid dienone is 12. The third-order valence-corrected chi connectivity index (χ3v) is 14.5. The second-order valence-electron chi connectivity index (χ2n) is 18.8. The highest BCUT2D eigenvalue weighted by molar-refractivity contribution is 7.61. The number of aliphatic hydroxyl groups is 4. The fourth-order valence-electron chi connectivity index (χ4n) is 7.59. The third kappa shape index (κ3) is 34.5. The normalized spacial score (nSPS) is 20.1. The van der Waals surface area contributed by atoms with Crippen LogP contribution in [0.2, 0.25) is 0 Å². The second kappa shape index (κ2) is 41.8. The number of aromatic nitrogens is 2. The molecule has 2 rings (SSSR count). The number of esters is 2. The maximum atomic E-state index is 12.9. The van der Waals surface area contributed by atoms with Crippen molar-refractivity contribution in [3.05, 3.63) is 108 Å². The van der Waals surface area contributed by atoms with E-state index < -0.39 is 95.9 Å². The number of carbonyl (C=O) groups is 2. The van der Waals surface area contributed by atoms with Gasteiger partial charge >= 0.3 is 33.3 Å². The number of unbranched alkanes of at least 4 members (excludes halogenated alkanes) is 12. The topological polar surface area (TPSA) is 306 Å². The molecule has 2 heterocycles. The van der Waals surface area contributed by atoms with Gasteiger partial charge in [-0.15, -0.1) is 0 Å². The highest BCUT2D eigenvalue weighted by atomic mass is 31.3. The molecule has 0 aromatic carbocycles. The minimum absolute atomic E-state index is 0.0584. The first-order valence-corrected chi connectivity index (χ1v) is 30.3. The van der Waals surface area contributed by atoms with E-state index in [0.717, 1.165) is 94.2 Å². The molecule has 0 radical (unpaired) electrons. The Kier molecular flexibility index (Phi) is 37.5. The number of nitrogen functional groups attached to an aromatic ring is 1. The lowest BCUT2D eigenvalue weighted by molar-refractivity contribution is -0.161. The van der Waals surface area contributed by atoms with E-state index in [9.17, 15) is 53.7 Å². The molecule has 1 aromatic rings. The number of aliphatic hydroxyl groups excluding tert-OH is 4. The van der Waals surface area contributed by atoms with Crippen LogP contribution < -0.4 is 11.4 Å². The van der Waals surface area contributed by atoms with Crippen LogP contribution in [0.3, 0.4) is 0 Å². The summed E-state index contributed by atoms with van der Waals surface area (Å²) in [4.78, 5) is 62.1. The lowest BCUT2D eigenvalue weighted by atomic mass is 10.1. The zero-order chi connectivity index (χ0) is 56.6. The maximum Gasteiger partial charge on any atom is 0.481 e. The third-order valence-electron chi connectivity index (χ3n) is 11.9. The van der Waals surface area contributed by atoms with Crippen molar-refractivity contribution in [1.29, 1.82) is 0 Å². The first kappa shape index (κ1) is 69.0. The quantitative estimate of drug-likeness (QED) is 0.0105. The number of nitrogens with zero attached hydrogens (tertiary/aromatic N) is 2. The van der Waals surface area contributed by atoms with E-state index in [1.165, 1.54) is 31.7 Å². The van der Waals surface area contributed by atoms with Gasteiger partial charge in [-0.05, 0) is 76.7 Å². The van der Waals surface area contributed by atoms with Crippen molar-refractivity contribution in [2.24, 2.45) is 0 Å². The summed E-state index contributed by atoms with van der Waals surface area (Å²) in [7, 11) is -11.0. The summed E-state index contributed by atoms with van der Waals surface area (Å²) in [6.45, 7) is 1.81. The Bertz CT molecular complexity index is 2160. The Morgan fingerprint density at radius 1 is 0.688 bits per heavy atom. The summed E-state index contributed by atoms with van der Waals surface area (Å²) in [5.74, 6) is -1.56. The number of nitrogens with two attached hydrogens (primary N) is 1. The minimum atomic E-state index is -5.49. The van der Waals surface area contributed by atoms with Gasteiger partial charge in [0.1, 0.15) is 30.7 Å². The zero-order valence-corrected chi connectivity index (χ0v) is 47.0. The van der Waals surface area contributed by atoms with E-state index in [-0.39, 0.29) is 31.5 Å². The van der Waals surface area contributed by atoms with Gasteiger partial charge in [0, 0.05) is 19.0 Å². The van der Waals surface area contributed by atoms with Crippen LogP contribution in [-0.4, -0.2) is 108 Å². The van der Waals surface area contributed by atoms with Crippen LogP contribution in [0, 0.1) is 0 Å². The molecule has 1 aliphatic rings. The smallest absolute Gasteiger partial charge is 0.462 e. The van der Waals surface area contributed by atoms with Crippen LogP contribution in [-0.2, 0) is 46.3 Å². The van der Waals surface area contributed by atoms with Gasteiger partial charge in [-0.3, -0.25) is 23.2 Å². The van der Waals surface area contributed by atoms with Crippen molar-refractivity contribution in [3.8, 4) is 0 Å². The Hall–Kier alpha value is -4.14. The van der Waals surface area contributed by atoms with E-state index in [0.29, 0.717) is 12.8 Å². The van der Waals surface area contributed by atoms with E-state index in [4.69, 9.17) is 29.0 Å². The van der Waals surface area contributed by atoms with Crippen molar-refractivity contribution >= 4 is 33.4 Å². The van der Waals surface area contributed by atoms with Crippen molar-refractivity contribution < 1.29 is 76.5 Å². The van der Waals surface area contributed by atoms with Crippen molar-refractivity contribution in [3.63, 3.8) is 0 Å². The van der Waals surface area contributed by atoms with E-state index >= 15 is 0 Å². The number of anilines is 1. The summed E-state index contributed by atoms with van der Waals surface area (Å²) in [6, 6.07) is 1.23. The molecule has 1 saturated heterocycles. The lowest BCUT2D eigenvalue weighted by Crippen LogP contribution is -2.36. The number of hydrogen-bond donors (Lipinski definition) is 7. The molecule has 22 heteroatoms. The molecule has 8 N–H and O–H groups in total. The Labute approximate surface area is 455 Å². The zero-order valence-electron chi connectivity index (χ0n) is 45.2. The van der Waals surface area contributed by atoms with Gasteiger partial charge in [0.25, 0.3) is 0 Å². The van der Waals surface area contributed by atoms with Gasteiger partial charge < -0.3 is 50.2 Å². The summed E-state index contributed by atoms with van der Waals surface area (Å²) >= 11 is 0. The van der Waals surface area contributed by atoms with Gasteiger partial charge in [0.05, 0.1) is 25.4 Å². The number of carbonyl (C=O) groups excluding carboxylic acids is 2. The molecule has 1 aliphatic heterocycles. The minimum Gasteiger partial charge on any atom is -0.462 e. The average Bonchev–Trinajstić information content (AvgIpc) is 3.66. The van der Waals surface area contributed by atoms with Crippen molar-refractivity contribution in [2.45, 2.75) is 204 Å². The Morgan fingerprint density at radius 2 is 1.22 bits per heavy atom. The van der Waals surface area contributed by atoms with E-state index in [1.807, 2.05) is 24.3 Å².